The average Bonchev–Trinajstić information content (AvgIpc) is 2.71. The number of nitro benzene ring substituents is 1. The Morgan fingerprint density at radius 2 is 1.79 bits per heavy atom. The van der Waals surface area contributed by atoms with Gasteiger partial charge in [0.05, 0.1) is 10.5 Å². The van der Waals surface area contributed by atoms with Crippen LogP contribution in [-0.4, -0.2) is 29.2 Å². The number of rotatable bonds is 8. The lowest BCUT2D eigenvalue weighted by Gasteiger charge is -2.05. The number of amides is 1. The minimum absolute atomic E-state index is 0.140. The van der Waals surface area contributed by atoms with Crippen LogP contribution in [0.5, 0.6) is 0 Å². The Morgan fingerprint density at radius 1 is 1.11 bits per heavy atom. The molecule has 0 fully saturated rings. The number of nitrogens with one attached hydrogen (secondary N) is 1. The van der Waals surface area contributed by atoms with Gasteiger partial charge in [-0.05, 0) is 36.4 Å². The molecule has 0 spiro atoms. The van der Waals surface area contributed by atoms with Crippen LogP contribution in [0.15, 0.2) is 54.6 Å². The van der Waals surface area contributed by atoms with Gasteiger partial charge in [0.1, 0.15) is 0 Å². The van der Waals surface area contributed by atoms with Crippen molar-refractivity contribution in [2.45, 2.75) is 13.3 Å². The van der Waals surface area contributed by atoms with E-state index in [1.807, 2.05) is 0 Å². The number of carbonyl (C=O) groups excluding carboxylic acids is 3. The molecule has 0 atom stereocenters. The molecular weight excluding hydrogens is 364 g/mol. The Balaban J connectivity index is 1.91. The highest BCUT2D eigenvalue weighted by Crippen LogP contribution is 2.19. The SMILES string of the molecule is CCC(=O)Nc1ccc(C(=O)COC(=O)/C=C/c2ccccc2[N+](=O)[O-])cc1. The molecule has 0 saturated heterocycles. The minimum Gasteiger partial charge on any atom is -0.454 e. The molecule has 0 radical (unpaired) electrons. The molecule has 0 aliphatic heterocycles. The largest absolute Gasteiger partial charge is 0.454 e. The van der Waals surface area contributed by atoms with Crippen molar-refractivity contribution < 1.29 is 24.0 Å². The van der Waals surface area contributed by atoms with Gasteiger partial charge in [0.2, 0.25) is 5.91 Å². The highest BCUT2D eigenvalue weighted by atomic mass is 16.6. The Labute approximate surface area is 161 Å². The van der Waals surface area contributed by atoms with Gasteiger partial charge in [0.15, 0.2) is 12.4 Å². The van der Waals surface area contributed by atoms with E-state index in [-0.39, 0.29) is 17.2 Å². The minimum atomic E-state index is -0.793. The smallest absolute Gasteiger partial charge is 0.331 e. The van der Waals surface area contributed by atoms with Crippen molar-refractivity contribution >= 4 is 35.1 Å². The Kier molecular flexibility index (Phi) is 7.15. The van der Waals surface area contributed by atoms with E-state index in [4.69, 9.17) is 4.74 Å². The van der Waals surface area contributed by atoms with Gasteiger partial charge in [-0.25, -0.2) is 4.79 Å². The number of hydrogen-bond donors (Lipinski definition) is 1. The fourth-order valence-electron chi connectivity index (χ4n) is 2.21. The van der Waals surface area contributed by atoms with E-state index in [1.54, 1.807) is 25.1 Å². The summed E-state index contributed by atoms with van der Waals surface area (Å²) < 4.78 is 4.88. The molecule has 0 aliphatic rings. The standard InChI is InChI=1S/C20H18N2O6/c1-2-19(24)21-16-10-7-15(8-11-16)18(23)13-28-20(25)12-9-14-5-3-4-6-17(14)22(26)27/h3-12H,2,13H2,1H3,(H,21,24)/b12-9+. The first-order valence-corrected chi connectivity index (χ1v) is 8.42. The molecule has 0 aromatic heterocycles. The first-order chi connectivity index (χ1) is 13.4. The molecule has 2 aromatic rings. The predicted octanol–water partition coefficient (Wildman–Crippen LogP) is 3.38. The van der Waals surface area contributed by atoms with Crippen molar-refractivity contribution in [1.29, 1.82) is 0 Å². The molecule has 28 heavy (non-hydrogen) atoms. The van der Waals surface area contributed by atoms with Crippen molar-refractivity contribution in [3.8, 4) is 0 Å². The highest BCUT2D eigenvalue weighted by molar-refractivity contribution is 5.99. The zero-order valence-corrected chi connectivity index (χ0v) is 15.1. The summed E-state index contributed by atoms with van der Waals surface area (Å²) >= 11 is 0. The number of benzene rings is 2. The number of carbonyl (C=O) groups is 3. The number of nitro groups is 1. The molecule has 0 bridgehead atoms. The number of ketones is 1. The molecule has 144 valence electrons. The van der Waals surface area contributed by atoms with E-state index in [9.17, 15) is 24.5 Å². The van der Waals surface area contributed by atoms with Crippen LogP contribution < -0.4 is 5.32 Å². The van der Waals surface area contributed by atoms with Crippen molar-refractivity contribution in [2.24, 2.45) is 0 Å². The summed E-state index contributed by atoms with van der Waals surface area (Å²) in [4.78, 5) is 45.5. The third-order valence-corrected chi connectivity index (χ3v) is 3.69. The van der Waals surface area contributed by atoms with E-state index in [2.05, 4.69) is 5.32 Å². The topological polar surface area (TPSA) is 116 Å². The Hall–Kier alpha value is -3.81. The van der Waals surface area contributed by atoms with Gasteiger partial charge in [0.25, 0.3) is 5.69 Å². The summed E-state index contributed by atoms with van der Waals surface area (Å²) in [6, 6.07) is 12.1. The maximum atomic E-state index is 12.1. The molecule has 2 aromatic carbocycles. The number of hydrogen-bond acceptors (Lipinski definition) is 6. The molecule has 1 N–H and O–H groups in total. The third kappa shape index (κ3) is 5.87. The lowest BCUT2D eigenvalue weighted by molar-refractivity contribution is -0.385. The first kappa shape index (κ1) is 20.5. The molecule has 0 unspecified atom stereocenters. The van der Waals surface area contributed by atoms with Gasteiger partial charge < -0.3 is 10.1 Å². The number of esters is 1. The maximum absolute atomic E-state index is 12.1. The van der Waals surface area contributed by atoms with Gasteiger partial charge in [0, 0.05) is 29.8 Å². The zero-order chi connectivity index (χ0) is 20.5. The molecule has 0 heterocycles. The summed E-state index contributed by atoms with van der Waals surface area (Å²) in [5.41, 5.74) is 0.996. The summed E-state index contributed by atoms with van der Waals surface area (Å²) in [5, 5.41) is 13.6. The van der Waals surface area contributed by atoms with Crippen LogP contribution in [0.3, 0.4) is 0 Å². The van der Waals surface area contributed by atoms with Crippen molar-refractivity contribution in [2.75, 3.05) is 11.9 Å². The average molecular weight is 382 g/mol. The number of anilines is 1. The van der Waals surface area contributed by atoms with Crippen molar-refractivity contribution in [3.63, 3.8) is 0 Å². The first-order valence-electron chi connectivity index (χ1n) is 8.42. The number of nitrogens with zero attached hydrogens (tertiary/aromatic N) is 1. The maximum Gasteiger partial charge on any atom is 0.331 e. The molecule has 2 rings (SSSR count). The fourth-order valence-corrected chi connectivity index (χ4v) is 2.21. The highest BCUT2D eigenvalue weighted by Gasteiger charge is 2.11. The predicted molar refractivity (Wildman–Crippen MR) is 103 cm³/mol. The van der Waals surface area contributed by atoms with Gasteiger partial charge >= 0.3 is 5.97 Å². The van der Waals surface area contributed by atoms with Crippen LogP contribution in [-0.2, 0) is 14.3 Å². The molecule has 1 amide bonds. The van der Waals surface area contributed by atoms with E-state index >= 15 is 0 Å². The fraction of sp³-hybridized carbons (Fsp3) is 0.150. The molecular formula is C20H18N2O6. The quantitative estimate of drug-likeness (QED) is 0.246. The molecule has 0 saturated carbocycles. The number of ether oxygens (including phenoxy) is 1. The molecule has 8 heteroatoms. The van der Waals surface area contributed by atoms with Crippen molar-refractivity contribution in [1.82, 2.24) is 0 Å². The van der Waals surface area contributed by atoms with Crippen LogP contribution in [0.25, 0.3) is 6.08 Å². The van der Waals surface area contributed by atoms with E-state index < -0.39 is 23.3 Å². The second-order valence-corrected chi connectivity index (χ2v) is 5.66. The van der Waals surface area contributed by atoms with Crippen LogP contribution in [0.2, 0.25) is 0 Å². The monoisotopic (exact) mass is 382 g/mol. The van der Waals surface area contributed by atoms with Crippen LogP contribution >= 0.6 is 0 Å². The van der Waals surface area contributed by atoms with Gasteiger partial charge in [-0.2, -0.15) is 0 Å². The summed E-state index contributed by atoms with van der Waals surface area (Å²) in [6.07, 6.45) is 2.63. The van der Waals surface area contributed by atoms with E-state index in [0.717, 1.165) is 6.08 Å². The van der Waals surface area contributed by atoms with Gasteiger partial charge in [-0.1, -0.05) is 19.1 Å². The lowest BCUT2D eigenvalue weighted by Crippen LogP contribution is -2.13. The molecule has 0 aliphatic carbocycles. The van der Waals surface area contributed by atoms with Gasteiger partial charge in [-0.15, -0.1) is 0 Å². The summed E-state index contributed by atoms with van der Waals surface area (Å²) in [7, 11) is 0. The van der Waals surface area contributed by atoms with E-state index in [0.29, 0.717) is 17.7 Å². The summed E-state index contributed by atoms with van der Waals surface area (Å²) in [6.45, 7) is 1.26. The van der Waals surface area contributed by atoms with Crippen LogP contribution in [0.1, 0.15) is 29.3 Å². The lowest BCUT2D eigenvalue weighted by atomic mass is 10.1. The second-order valence-electron chi connectivity index (χ2n) is 5.66. The number of Topliss-reactive ketones (excluding diaryl/α,β-unsaturated/α-hetero) is 1. The molecule has 8 nitrogen and oxygen atoms in total. The summed E-state index contributed by atoms with van der Waals surface area (Å²) in [5.74, 6) is -1.35. The van der Waals surface area contributed by atoms with Crippen LogP contribution in [0.4, 0.5) is 11.4 Å². The second kappa shape index (κ2) is 9.77. The van der Waals surface area contributed by atoms with Crippen LogP contribution in [0, 0.1) is 10.1 Å². The normalized spacial score (nSPS) is 10.5. The zero-order valence-electron chi connectivity index (χ0n) is 15.1. The number of para-hydroxylation sites is 1. The Bertz CT molecular complexity index is 919. The third-order valence-electron chi connectivity index (χ3n) is 3.69. The van der Waals surface area contributed by atoms with Crippen molar-refractivity contribution in [3.05, 3.63) is 75.8 Å². The van der Waals surface area contributed by atoms with Gasteiger partial charge in [-0.3, -0.25) is 19.7 Å². The van der Waals surface area contributed by atoms with E-state index in [1.165, 1.54) is 36.4 Å². The Morgan fingerprint density at radius 3 is 2.43 bits per heavy atom.